The number of amides is 1. The summed E-state index contributed by atoms with van der Waals surface area (Å²) < 4.78 is 1.93. The molecule has 0 aromatic carbocycles. The summed E-state index contributed by atoms with van der Waals surface area (Å²) in [6.45, 7) is 1.58. The smallest absolute Gasteiger partial charge is 0.228 e. The highest BCUT2D eigenvalue weighted by Crippen LogP contribution is 2.43. The van der Waals surface area contributed by atoms with Gasteiger partial charge in [-0.3, -0.25) is 9.48 Å². The second-order valence-corrected chi connectivity index (χ2v) is 7.30. The number of carbonyl (C=O) groups excluding carboxylic acids is 1. The zero-order valence-electron chi connectivity index (χ0n) is 13.4. The molecule has 5 heteroatoms. The molecule has 5 nitrogen and oxygen atoms in total. The highest BCUT2D eigenvalue weighted by atomic mass is 16.2. The summed E-state index contributed by atoms with van der Waals surface area (Å²) in [5, 5.41) is 11.3. The quantitative estimate of drug-likeness (QED) is 0.892. The van der Waals surface area contributed by atoms with Gasteiger partial charge in [-0.15, -0.1) is 0 Å². The minimum Gasteiger partial charge on any atom is -0.350 e. The van der Waals surface area contributed by atoms with E-state index in [9.17, 15) is 4.79 Å². The van der Waals surface area contributed by atoms with Gasteiger partial charge >= 0.3 is 0 Å². The monoisotopic (exact) mass is 302 g/mol. The molecule has 2 aliphatic carbocycles. The van der Waals surface area contributed by atoms with E-state index in [0.29, 0.717) is 18.5 Å². The number of hydrogen-bond acceptors (Lipinski definition) is 3. The number of aryl methyl sites for hydroxylation is 1. The zero-order chi connectivity index (χ0) is 15.2. The number of carbonyl (C=O) groups is 1. The SMILES string of the molecule is Cn1nc(C2CC2)cc1CNC(=O)[C@@]12CCCC[C@@H]1NCC2. The summed E-state index contributed by atoms with van der Waals surface area (Å²) in [6, 6.07) is 2.55. The van der Waals surface area contributed by atoms with Crippen LogP contribution in [0.25, 0.3) is 0 Å². The van der Waals surface area contributed by atoms with Gasteiger partial charge in [0, 0.05) is 19.0 Å². The van der Waals surface area contributed by atoms with Crippen LogP contribution in [-0.2, 0) is 18.4 Å². The largest absolute Gasteiger partial charge is 0.350 e. The maximum atomic E-state index is 12.9. The lowest BCUT2D eigenvalue weighted by Gasteiger charge is -2.37. The standard InChI is InChI=1S/C17H26N4O/c1-21-13(10-14(20-21)12-5-6-12)11-19-16(22)17-7-3-2-4-15(17)18-9-8-17/h10,12,15,18H,2-9,11H2,1H3,(H,19,22)/t15-,17+/m0/s1. The van der Waals surface area contributed by atoms with E-state index in [1.165, 1.54) is 31.4 Å². The maximum Gasteiger partial charge on any atom is 0.228 e. The molecule has 1 amide bonds. The second-order valence-electron chi connectivity index (χ2n) is 7.30. The lowest BCUT2D eigenvalue weighted by atomic mass is 9.70. The maximum absolute atomic E-state index is 12.9. The van der Waals surface area contributed by atoms with Crippen molar-refractivity contribution in [2.75, 3.05) is 6.54 Å². The van der Waals surface area contributed by atoms with Gasteiger partial charge in [-0.2, -0.15) is 5.10 Å². The van der Waals surface area contributed by atoms with Crippen molar-refractivity contribution in [3.8, 4) is 0 Å². The van der Waals surface area contributed by atoms with Gasteiger partial charge in [-0.25, -0.2) is 0 Å². The summed E-state index contributed by atoms with van der Waals surface area (Å²) in [5.74, 6) is 0.910. The minimum atomic E-state index is -0.157. The molecule has 3 aliphatic rings. The first-order valence-corrected chi connectivity index (χ1v) is 8.73. The molecule has 22 heavy (non-hydrogen) atoms. The Bertz CT molecular complexity index is 577. The molecular weight excluding hydrogens is 276 g/mol. The Labute approximate surface area is 131 Å². The summed E-state index contributed by atoms with van der Waals surface area (Å²) >= 11 is 0. The first kappa shape index (κ1) is 14.2. The third-order valence-corrected chi connectivity index (χ3v) is 5.87. The van der Waals surface area contributed by atoms with E-state index in [4.69, 9.17) is 0 Å². The molecule has 2 N–H and O–H groups in total. The van der Waals surface area contributed by atoms with Gasteiger partial charge in [0.05, 0.1) is 23.3 Å². The van der Waals surface area contributed by atoms with Crippen molar-refractivity contribution < 1.29 is 4.79 Å². The van der Waals surface area contributed by atoms with Gasteiger partial charge in [0.25, 0.3) is 0 Å². The van der Waals surface area contributed by atoms with E-state index in [1.807, 2.05) is 11.7 Å². The molecule has 1 aliphatic heterocycles. The van der Waals surface area contributed by atoms with Crippen LogP contribution in [0.1, 0.15) is 62.3 Å². The fourth-order valence-electron chi connectivity index (χ4n) is 4.31. The minimum absolute atomic E-state index is 0.157. The van der Waals surface area contributed by atoms with Crippen LogP contribution in [-0.4, -0.2) is 28.3 Å². The van der Waals surface area contributed by atoms with Crippen LogP contribution >= 0.6 is 0 Å². The molecule has 0 bridgehead atoms. The van der Waals surface area contributed by atoms with Crippen molar-refractivity contribution >= 4 is 5.91 Å². The Morgan fingerprint density at radius 3 is 3.09 bits per heavy atom. The van der Waals surface area contributed by atoms with Crippen LogP contribution in [0.15, 0.2) is 6.07 Å². The average Bonchev–Trinajstić information content (AvgIpc) is 3.17. The van der Waals surface area contributed by atoms with Crippen molar-refractivity contribution in [2.45, 2.75) is 63.5 Å². The number of fused-ring (bicyclic) bond motifs is 1. The highest BCUT2D eigenvalue weighted by molar-refractivity contribution is 5.84. The molecule has 0 spiro atoms. The van der Waals surface area contributed by atoms with E-state index in [1.54, 1.807) is 0 Å². The fraction of sp³-hybridized carbons (Fsp3) is 0.765. The topological polar surface area (TPSA) is 59.0 Å². The highest BCUT2D eigenvalue weighted by Gasteiger charge is 2.49. The van der Waals surface area contributed by atoms with Crippen LogP contribution < -0.4 is 10.6 Å². The van der Waals surface area contributed by atoms with Gasteiger partial charge < -0.3 is 10.6 Å². The van der Waals surface area contributed by atoms with Gasteiger partial charge in [-0.1, -0.05) is 12.8 Å². The van der Waals surface area contributed by atoms with E-state index in [0.717, 1.165) is 31.5 Å². The molecular formula is C17H26N4O. The molecule has 2 atom stereocenters. The number of rotatable bonds is 4. The molecule has 1 aromatic heterocycles. The molecule has 2 heterocycles. The predicted octanol–water partition coefficient (Wildman–Crippen LogP) is 1.84. The van der Waals surface area contributed by atoms with Gasteiger partial charge in [-0.05, 0) is 44.7 Å². The molecule has 120 valence electrons. The van der Waals surface area contributed by atoms with E-state index in [-0.39, 0.29) is 11.3 Å². The lowest BCUT2D eigenvalue weighted by molar-refractivity contribution is -0.133. The van der Waals surface area contributed by atoms with Crippen LogP contribution in [0.5, 0.6) is 0 Å². The Balaban J connectivity index is 1.43. The zero-order valence-corrected chi connectivity index (χ0v) is 13.4. The molecule has 4 rings (SSSR count). The van der Waals surface area contributed by atoms with E-state index >= 15 is 0 Å². The number of aromatic nitrogens is 2. The van der Waals surface area contributed by atoms with Crippen molar-refractivity contribution in [1.82, 2.24) is 20.4 Å². The summed E-state index contributed by atoms with van der Waals surface area (Å²) in [4.78, 5) is 12.9. The summed E-state index contributed by atoms with van der Waals surface area (Å²) in [5.41, 5.74) is 2.16. The van der Waals surface area contributed by atoms with E-state index < -0.39 is 0 Å². The third-order valence-electron chi connectivity index (χ3n) is 5.87. The van der Waals surface area contributed by atoms with Crippen molar-refractivity contribution in [3.05, 3.63) is 17.5 Å². The Kier molecular flexibility index (Phi) is 3.48. The predicted molar refractivity (Wildman–Crippen MR) is 84.3 cm³/mol. The van der Waals surface area contributed by atoms with Crippen LogP contribution in [0.4, 0.5) is 0 Å². The molecule has 0 radical (unpaired) electrons. The van der Waals surface area contributed by atoms with Gasteiger partial charge in [0.2, 0.25) is 5.91 Å². The molecule has 3 fully saturated rings. The molecule has 2 saturated carbocycles. The molecule has 1 saturated heterocycles. The molecule has 1 aromatic rings. The second kappa shape index (κ2) is 5.37. The van der Waals surface area contributed by atoms with E-state index in [2.05, 4.69) is 21.8 Å². The Morgan fingerprint density at radius 1 is 1.41 bits per heavy atom. The van der Waals surface area contributed by atoms with Crippen LogP contribution in [0, 0.1) is 5.41 Å². The lowest BCUT2D eigenvalue weighted by Crippen LogP contribution is -2.50. The Morgan fingerprint density at radius 2 is 2.27 bits per heavy atom. The first-order chi connectivity index (χ1) is 10.7. The first-order valence-electron chi connectivity index (χ1n) is 8.73. The van der Waals surface area contributed by atoms with Crippen molar-refractivity contribution in [3.63, 3.8) is 0 Å². The summed E-state index contributed by atoms with van der Waals surface area (Å²) in [6.07, 6.45) is 8.13. The number of nitrogens with one attached hydrogen (secondary N) is 2. The van der Waals surface area contributed by atoms with Crippen LogP contribution in [0.3, 0.4) is 0 Å². The van der Waals surface area contributed by atoms with Crippen molar-refractivity contribution in [2.24, 2.45) is 12.5 Å². The molecule has 0 unspecified atom stereocenters. The average molecular weight is 302 g/mol. The summed E-state index contributed by atoms with van der Waals surface area (Å²) in [7, 11) is 1.98. The fourth-order valence-corrected chi connectivity index (χ4v) is 4.31. The van der Waals surface area contributed by atoms with Crippen molar-refractivity contribution in [1.29, 1.82) is 0 Å². The van der Waals surface area contributed by atoms with Gasteiger partial charge in [0.1, 0.15) is 0 Å². The third kappa shape index (κ3) is 2.35. The number of hydrogen-bond donors (Lipinski definition) is 2. The van der Waals surface area contributed by atoms with Gasteiger partial charge in [0.15, 0.2) is 0 Å². The number of nitrogens with zero attached hydrogens (tertiary/aromatic N) is 2. The van der Waals surface area contributed by atoms with Crippen LogP contribution in [0.2, 0.25) is 0 Å². The normalized spacial score (nSPS) is 31.0. The Hall–Kier alpha value is -1.36.